The van der Waals surface area contributed by atoms with Crippen molar-refractivity contribution in [2.24, 2.45) is 17.8 Å². The van der Waals surface area contributed by atoms with Crippen LogP contribution < -0.4 is 4.90 Å². The Morgan fingerprint density at radius 3 is 2.65 bits per heavy atom. The number of likely N-dealkylation sites (tertiary alicyclic amines) is 1. The van der Waals surface area contributed by atoms with Gasteiger partial charge in [0.1, 0.15) is 6.04 Å². The molecule has 40 heavy (non-hydrogen) atoms. The Morgan fingerprint density at radius 2 is 1.88 bits per heavy atom. The number of fused-ring (bicyclic) bond motifs is 3. The highest BCUT2D eigenvalue weighted by Crippen LogP contribution is 2.61. The number of aliphatic hydroxyl groups is 1. The fourth-order valence-electron chi connectivity index (χ4n) is 6.98. The third-order valence-electron chi connectivity index (χ3n) is 8.68. The van der Waals surface area contributed by atoms with Crippen LogP contribution in [0.5, 0.6) is 0 Å². The van der Waals surface area contributed by atoms with Crippen molar-refractivity contribution in [2.45, 2.75) is 55.2 Å². The fourth-order valence-corrected chi connectivity index (χ4v) is 8.97. The molecule has 2 fully saturated rings. The number of amides is 2. The van der Waals surface area contributed by atoms with Crippen LogP contribution in [-0.4, -0.2) is 69.6 Å². The van der Waals surface area contributed by atoms with Crippen LogP contribution in [0, 0.1) is 17.8 Å². The summed E-state index contributed by atoms with van der Waals surface area (Å²) in [7, 11) is 0. The number of benzene rings is 2. The molecule has 2 aromatic carbocycles. The summed E-state index contributed by atoms with van der Waals surface area (Å²) in [6, 6.07) is 12.6. The number of rotatable bonds is 5. The normalized spacial score (nSPS) is 31.6. The Bertz CT molecular complexity index is 1390. The first-order chi connectivity index (χ1) is 19.4. The van der Waals surface area contributed by atoms with Gasteiger partial charge in [-0.15, -0.1) is 11.8 Å². The number of hydrogen-bond donors (Lipinski definition) is 1. The quantitative estimate of drug-likeness (QED) is 0.433. The Balaban J connectivity index is 1.48. The van der Waals surface area contributed by atoms with E-state index in [2.05, 4.69) is 6.08 Å². The van der Waals surface area contributed by atoms with Crippen molar-refractivity contribution in [3.63, 3.8) is 0 Å². The second-order valence-corrected chi connectivity index (χ2v) is 13.2. The van der Waals surface area contributed by atoms with E-state index in [1.165, 1.54) is 11.8 Å². The van der Waals surface area contributed by atoms with Gasteiger partial charge in [0.25, 0.3) is 5.91 Å². The van der Waals surface area contributed by atoms with E-state index < -0.39 is 28.7 Å². The molecule has 1 N–H and O–H groups in total. The minimum atomic E-state index is -0.942. The lowest BCUT2D eigenvalue weighted by Gasteiger charge is -2.39. The average Bonchev–Trinajstić information content (AvgIpc) is 3.36. The van der Waals surface area contributed by atoms with Gasteiger partial charge in [-0.2, -0.15) is 0 Å². The molecule has 1 unspecified atom stereocenters. The van der Waals surface area contributed by atoms with Gasteiger partial charge in [-0.1, -0.05) is 68.5 Å². The molecule has 4 aliphatic heterocycles. The molecule has 0 radical (unpaired) electrons. The maximum Gasteiger partial charge on any atom is 0.311 e. The van der Waals surface area contributed by atoms with Gasteiger partial charge >= 0.3 is 5.97 Å². The molecule has 2 amide bonds. The molecule has 2 aromatic rings. The number of carbonyl (C=O) groups is 3. The van der Waals surface area contributed by atoms with Crippen LogP contribution in [0.4, 0.5) is 5.69 Å². The molecule has 0 aromatic heterocycles. The Morgan fingerprint density at radius 1 is 1.07 bits per heavy atom. The molecule has 210 valence electrons. The predicted molar refractivity (Wildman–Crippen MR) is 157 cm³/mol. The third kappa shape index (κ3) is 4.36. The first-order valence-electron chi connectivity index (χ1n) is 14.3. The van der Waals surface area contributed by atoms with Crippen LogP contribution in [0.25, 0.3) is 10.8 Å². The zero-order chi connectivity index (χ0) is 28.0. The number of nitrogens with zero attached hydrogens (tertiary/aromatic N) is 2. The van der Waals surface area contributed by atoms with Gasteiger partial charge in [-0.05, 0) is 48.1 Å². The maximum atomic E-state index is 14.7. The van der Waals surface area contributed by atoms with Crippen molar-refractivity contribution < 1.29 is 24.2 Å². The van der Waals surface area contributed by atoms with Crippen molar-refractivity contribution in [3.8, 4) is 0 Å². The fraction of sp³-hybridized carbons (Fsp3) is 0.469. The Kier molecular flexibility index (Phi) is 7.25. The molecule has 0 bridgehead atoms. The van der Waals surface area contributed by atoms with E-state index in [1.54, 1.807) is 9.80 Å². The summed E-state index contributed by atoms with van der Waals surface area (Å²) in [5.41, 5.74) is 0.760. The highest BCUT2D eigenvalue weighted by Gasteiger charge is 2.71. The van der Waals surface area contributed by atoms with E-state index in [0.717, 1.165) is 29.3 Å². The SMILES string of the molecule is CC(C)C[C@H](CO)N1C(=O)[C@@H]2[C@@H]3C(=O)OCCC/C=C\[C@@H]3S[C@@]23C=CCN(c2ccc4ccccc4c2)C(=O)C13. The molecular weight excluding hydrogens is 524 g/mol. The second-order valence-electron chi connectivity index (χ2n) is 11.7. The van der Waals surface area contributed by atoms with E-state index in [-0.39, 0.29) is 35.6 Å². The summed E-state index contributed by atoms with van der Waals surface area (Å²) in [6.45, 7) is 4.51. The van der Waals surface area contributed by atoms with Crippen LogP contribution in [-0.2, 0) is 19.1 Å². The molecule has 8 heteroatoms. The lowest BCUT2D eigenvalue weighted by Crippen LogP contribution is -2.57. The molecular formula is C32H36N2O5S. The van der Waals surface area contributed by atoms with Gasteiger partial charge in [-0.25, -0.2) is 0 Å². The van der Waals surface area contributed by atoms with Gasteiger partial charge < -0.3 is 19.6 Å². The second kappa shape index (κ2) is 10.7. The predicted octanol–water partition coefficient (Wildman–Crippen LogP) is 4.34. The molecule has 0 saturated carbocycles. The summed E-state index contributed by atoms with van der Waals surface area (Å²) < 4.78 is 4.71. The van der Waals surface area contributed by atoms with Gasteiger partial charge in [0.2, 0.25) is 5.91 Å². The third-order valence-corrected chi connectivity index (χ3v) is 10.4. The lowest BCUT2D eigenvalue weighted by molar-refractivity contribution is -0.153. The summed E-state index contributed by atoms with van der Waals surface area (Å²) in [5.74, 6) is -2.04. The molecule has 0 aliphatic carbocycles. The van der Waals surface area contributed by atoms with Gasteiger partial charge in [0.15, 0.2) is 0 Å². The average molecular weight is 561 g/mol. The molecule has 4 heterocycles. The summed E-state index contributed by atoms with van der Waals surface area (Å²) in [6.07, 6.45) is 10.2. The summed E-state index contributed by atoms with van der Waals surface area (Å²) in [4.78, 5) is 46.0. The number of aliphatic hydroxyl groups excluding tert-OH is 1. The number of anilines is 1. The molecule has 6 rings (SSSR count). The molecule has 6 atom stereocenters. The van der Waals surface area contributed by atoms with Crippen molar-refractivity contribution in [3.05, 3.63) is 66.8 Å². The Hall–Kier alpha value is -3.10. The van der Waals surface area contributed by atoms with Gasteiger partial charge in [0.05, 0.1) is 35.8 Å². The number of ether oxygens (including phenoxy) is 1. The van der Waals surface area contributed by atoms with Crippen LogP contribution in [0.3, 0.4) is 0 Å². The van der Waals surface area contributed by atoms with Crippen molar-refractivity contribution in [1.29, 1.82) is 0 Å². The number of hydrogen-bond acceptors (Lipinski definition) is 6. The van der Waals surface area contributed by atoms with E-state index in [1.807, 2.05) is 74.5 Å². The van der Waals surface area contributed by atoms with Crippen LogP contribution in [0.2, 0.25) is 0 Å². The minimum Gasteiger partial charge on any atom is -0.465 e. The van der Waals surface area contributed by atoms with Gasteiger partial charge in [-0.3, -0.25) is 14.4 Å². The van der Waals surface area contributed by atoms with E-state index >= 15 is 0 Å². The molecule has 2 saturated heterocycles. The number of carbonyl (C=O) groups excluding carboxylic acids is 3. The molecule has 4 aliphatic rings. The standard InChI is InChI=1S/C32H36N2O5S/c1-20(2)17-24(19-35)34-28-30(37)33(23-13-12-21-9-5-6-10-22(21)18-23)15-8-14-32(28)27(29(34)36)26-25(40-32)11-4-3-7-16-39-31(26)38/h4-6,8-14,18,20,24-28,35H,3,7,15-17,19H2,1-2H3/b11-4-/t24-,25+,26-,27+,28?,32+/m1/s1. The number of cyclic esters (lactones) is 1. The zero-order valence-electron chi connectivity index (χ0n) is 22.9. The van der Waals surface area contributed by atoms with E-state index in [4.69, 9.17) is 4.74 Å². The van der Waals surface area contributed by atoms with Crippen molar-refractivity contribution >= 4 is 46.0 Å². The highest BCUT2D eigenvalue weighted by molar-refractivity contribution is 8.02. The molecule has 1 spiro atoms. The van der Waals surface area contributed by atoms with Crippen LogP contribution in [0.15, 0.2) is 66.8 Å². The summed E-state index contributed by atoms with van der Waals surface area (Å²) >= 11 is 1.54. The first-order valence-corrected chi connectivity index (χ1v) is 15.2. The van der Waals surface area contributed by atoms with Crippen molar-refractivity contribution in [2.75, 3.05) is 24.7 Å². The largest absolute Gasteiger partial charge is 0.465 e. The summed E-state index contributed by atoms with van der Waals surface area (Å²) in [5, 5.41) is 12.4. The van der Waals surface area contributed by atoms with Crippen LogP contribution in [0.1, 0.15) is 33.1 Å². The topological polar surface area (TPSA) is 87.2 Å². The first kappa shape index (κ1) is 27.1. The smallest absolute Gasteiger partial charge is 0.311 e. The van der Waals surface area contributed by atoms with Crippen molar-refractivity contribution in [1.82, 2.24) is 4.90 Å². The van der Waals surface area contributed by atoms with E-state index in [9.17, 15) is 19.5 Å². The number of thioether (sulfide) groups is 1. The van der Waals surface area contributed by atoms with Crippen LogP contribution >= 0.6 is 11.8 Å². The van der Waals surface area contributed by atoms with Gasteiger partial charge in [0, 0.05) is 17.5 Å². The minimum absolute atomic E-state index is 0.185. The lowest BCUT2D eigenvalue weighted by atomic mass is 9.78. The van der Waals surface area contributed by atoms with E-state index in [0.29, 0.717) is 19.6 Å². The monoisotopic (exact) mass is 560 g/mol. The molecule has 7 nitrogen and oxygen atoms in total. The highest BCUT2D eigenvalue weighted by atomic mass is 32.2. The zero-order valence-corrected chi connectivity index (χ0v) is 23.8. The maximum absolute atomic E-state index is 14.7. The number of allylic oxidation sites excluding steroid dienone is 1. The Labute approximate surface area is 239 Å². The number of esters is 1.